The van der Waals surface area contributed by atoms with Gasteiger partial charge in [-0.2, -0.15) is 0 Å². The Morgan fingerprint density at radius 3 is 2.54 bits per heavy atom. The lowest BCUT2D eigenvalue weighted by Crippen LogP contribution is -2.42. The first-order chi connectivity index (χ1) is 11.5. The van der Waals surface area contributed by atoms with Gasteiger partial charge in [-0.25, -0.2) is 17.7 Å². The van der Waals surface area contributed by atoms with Gasteiger partial charge in [0, 0.05) is 19.1 Å². The summed E-state index contributed by atoms with van der Waals surface area (Å²) in [5, 5.41) is 3.60. The number of sulfonamides is 1. The molecule has 1 N–H and O–H groups in total. The SMILES string of the molecule is O=S(=O)(Cc1ccccc1)N1CCC(Nc2cncc(Cl)n2)CC1. The Labute approximate surface area is 146 Å². The summed E-state index contributed by atoms with van der Waals surface area (Å²) < 4.78 is 26.6. The predicted octanol–water partition coefficient (Wildman–Crippen LogP) is 2.54. The molecule has 0 amide bonds. The van der Waals surface area contributed by atoms with Crippen LogP contribution in [0.5, 0.6) is 0 Å². The molecule has 0 bridgehead atoms. The minimum absolute atomic E-state index is 0.0473. The fourth-order valence-electron chi connectivity index (χ4n) is 2.78. The number of nitrogens with one attached hydrogen (secondary N) is 1. The lowest BCUT2D eigenvalue weighted by atomic mass is 10.1. The quantitative estimate of drug-likeness (QED) is 0.880. The Kier molecular flexibility index (Phi) is 5.33. The van der Waals surface area contributed by atoms with Gasteiger partial charge in [-0.3, -0.25) is 4.98 Å². The maximum Gasteiger partial charge on any atom is 0.218 e. The van der Waals surface area contributed by atoms with Crippen LogP contribution in [0, 0.1) is 0 Å². The Hall–Kier alpha value is -1.70. The number of halogens is 1. The smallest absolute Gasteiger partial charge is 0.218 e. The highest BCUT2D eigenvalue weighted by molar-refractivity contribution is 7.88. The molecule has 2 heterocycles. The van der Waals surface area contributed by atoms with Gasteiger partial charge in [-0.1, -0.05) is 41.9 Å². The van der Waals surface area contributed by atoms with Crippen molar-refractivity contribution in [3.63, 3.8) is 0 Å². The van der Waals surface area contributed by atoms with Crippen LogP contribution in [-0.4, -0.2) is 41.8 Å². The zero-order chi connectivity index (χ0) is 17.0. The van der Waals surface area contributed by atoms with E-state index in [1.165, 1.54) is 6.20 Å². The van der Waals surface area contributed by atoms with E-state index in [0.29, 0.717) is 24.1 Å². The number of hydrogen-bond acceptors (Lipinski definition) is 5. The summed E-state index contributed by atoms with van der Waals surface area (Å²) in [6.45, 7) is 1.00. The van der Waals surface area contributed by atoms with Crippen LogP contribution in [0.2, 0.25) is 5.15 Å². The molecule has 0 saturated carbocycles. The third kappa shape index (κ3) is 4.43. The van der Waals surface area contributed by atoms with Gasteiger partial charge in [0.15, 0.2) is 0 Å². The highest BCUT2D eigenvalue weighted by Gasteiger charge is 2.28. The Morgan fingerprint density at radius 2 is 1.88 bits per heavy atom. The van der Waals surface area contributed by atoms with Crippen molar-refractivity contribution >= 4 is 27.4 Å². The van der Waals surface area contributed by atoms with Crippen molar-refractivity contribution in [1.29, 1.82) is 0 Å². The average molecular weight is 367 g/mol. The molecule has 1 aliphatic heterocycles. The fourth-order valence-corrected chi connectivity index (χ4v) is 4.49. The monoisotopic (exact) mass is 366 g/mol. The van der Waals surface area contributed by atoms with Gasteiger partial charge in [0.25, 0.3) is 0 Å². The molecule has 0 aliphatic carbocycles. The van der Waals surface area contributed by atoms with E-state index in [4.69, 9.17) is 11.6 Å². The molecule has 1 fully saturated rings. The van der Waals surface area contributed by atoms with E-state index in [1.807, 2.05) is 30.3 Å². The van der Waals surface area contributed by atoms with Crippen LogP contribution in [0.1, 0.15) is 18.4 Å². The standard InChI is InChI=1S/C16H19ClN4O2S/c17-15-10-18-11-16(20-15)19-14-6-8-21(9-7-14)24(22,23)12-13-4-2-1-3-5-13/h1-5,10-11,14H,6-9,12H2,(H,19,20). The van der Waals surface area contributed by atoms with Crippen LogP contribution in [0.3, 0.4) is 0 Å². The van der Waals surface area contributed by atoms with Gasteiger partial charge in [-0.05, 0) is 18.4 Å². The van der Waals surface area contributed by atoms with Crippen molar-refractivity contribution in [2.45, 2.75) is 24.6 Å². The molecular weight excluding hydrogens is 348 g/mol. The number of anilines is 1. The average Bonchev–Trinajstić information content (AvgIpc) is 2.56. The van der Waals surface area contributed by atoms with E-state index in [9.17, 15) is 8.42 Å². The molecule has 1 aromatic heterocycles. The number of aromatic nitrogens is 2. The highest BCUT2D eigenvalue weighted by atomic mass is 35.5. The van der Waals surface area contributed by atoms with Crippen LogP contribution < -0.4 is 5.32 Å². The second kappa shape index (κ2) is 7.46. The van der Waals surface area contributed by atoms with Gasteiger partial charge < -0.3 is 5.32 Å². The second-order valence-corrected chi connectivity index (χ2v) is 8.14. The van der Waals surface area contributed by atoms with Crippen molar-refractivity contribution in [1.82, 2.24) is 14.3 Å². The van der Waals surface area contributed by atoms with Gasteiger partial charge in [-0.15, -0.1) is 0 Å². The third-order valence-electron chi connectivity index (χ3n) is 4.00. The number of piperidine rings is 1. The molecule has 3 rings (SSSR count). The Balaban J connectivity index is 1.56. The molecule has 0 unspecified atom stereocenters. The van der Waals surface area contributed by atoms with Crippen molar-refractivity contribution < 1.29 is 8.42 Å². The maximum absolute atomic E-state index is 12.5. The molecule has 1 aliphatic rings. The molecule has 0 radical (unpaired) electrons. The largest absolute Gasteiger partial charge is 0.366 e. The molecule has 1 aromatic carbocycles. The first-order valence-electron chi connectivity index (χ1n) is 7.79. The van der Waals surface area contributed by atoms with Crippen molar-refractivity contribution in [3.05, 3.63) is 53.4 Å². The van der Waals surface area contributed by atoms with Crippen LogP contribution in [0.15, 0.2) is 42.7 Å². The Morgan fingerprint density at radius 1 is 1.17 bits per heavy atom. The first-order valence-corrected chi connectivity index (χ1v) is 9.77. The van der Waals surface area contributed by atoms with Gasteiger partial charge in [0.2, 0.25) is 10.0 Å². The molecule has 0 spiro atoms. The molecule has 2 aromatic rings. The minimum atomic E-state index is -3.28. The van der Waals surface area contributed by atoms with E-state index in [2.05, 4.69) is 15.3 Å². The highest BCUT2D eigenvalue weighted by Crippen LogP contribution is 2.20. The van der Waals surface area contributed by atoms with E-state index in [1.54, 1.807) is 10.5 Å². The maximum atomic E-state index is 12.5. The summed E-state index contributed by atoms with van der Waals surface area (Å²) in [7, 11) is -3.28. The van der Waals surface area contributed by atoms with E-state index >= 15 is 0 Å². The number of benzene rings is 1. The third-order valence-corrected chi connectivity index (χ3v) is 6.03. The van der Waals surface area contributed by atoms with Gasteiger partial charge in [0.05, 0.1) is 18.1 Å². The summed E-state index contributed by atoms with van der Waals surface area (Å²) in [6, 6.07) is 9.43. The van der Waals surface area contributed by atoms with Crippen LogP contribution in [-0.2, 0) is 15.8 Å². The topological polar surface area (TPSA) is 75.2 Å². The first kappa shape index (κ1) is 17.1. The van der Waals surface area contributed by atoms with Crippen molar-refractivity contribution in [3.8, 4) is 0 Å². The summed E-state index contributed by atoms with van der Waals surface area (Å²) in [5.74, 6) is 0.666. The summed E-state index contributed by atoms with van der Waals surface area (Å²) in [4.78, 5) is 8.14. The lowest BCUT2D eigenvalue weighted by Gasteiger charge is -2.31. The van der Waals surface area contributed by atoms with Gasteiger partial charge in [0.1, 0.15) is 11.0 Å². The van der Waals surface area contributed by atoms with Crippen molar-refractivity contribution in [2.24, 2.45) is 0 Å². The Bertz CT molecular complexity index is 778. The van der Waals surface area contributed by atoms with E-state index in [-0.39, 0.29) is 11.8 Å². The van der Waals surface area contributed by atoms with Crippen molar-refractivity contribution in [2.75, 3.05) is 18.4 Å². The number of rotatable bonds is 5. The van der Waals surface area contributed by atoms with Gasteiger partial charge >= 0.3 is 0 Å². The molecule has 0 atom stereocenters. The lowest BCUT2D eigenvalue weighted by molar-refractivity contribution is 0.329. The summed E-state index contributed by atoms with van der Waals surface area (Å²) >= 11 is 5.82. The summed E-state index contributed by atoms with van der Waals surface area (Å²) in [5.41, 5.74) is 0.812. The second-order valence-electron chi connectivity index (χ2n) is 5.79. The zero-order valence-electron chi connectivity index (χ0n) is 13.1. The van der Waals surface area contributed by atoms with Crippen LogP contribution in [0.4, 0.5) is 5.82 Å². The van der Waals surface area contributed by atoms with E-state index < -0.39 is 10.0 Å². The molecular formula is C16H19ClN4O2S. The molecule has 8 heteroatoms. The van der Waals surface area contributed by atoms with Crippen LogP contribution in [0.25, 0.3) is 0 Å². The zero-order valence-corrected chi connectivity index (χ0v) is 14.7. The van der Waals surface area contributed by atoms with Crippen LogP contribution >= 0.6 is 11.6 Å². The fraction of sp³-hybridized carbons (Fsp3) is 0.375. The molecule has 24 heavy (non-hydrogen) atoms. The predicted molar refractivity (Wildman–Crippen MR) is 94.3 cm³/mol. The van der Waals surface area contributed by atoms with E-state index in [0.717, 1.165) is 18.4 Å². The minimum Gasteiger partial charge on any atom is -0.366 e. The molecule has 6 nitrogen and oxygen atoms in total. The number of nitrogens with zero attached hydrogens (tertiary/aromatic N) is 3. The normalized spacial score (nSPS) is 16.9. The molecule has 1 saturated heterocycles. The number of hydrogen-bond donors (Lipinski definition) is 1. The molecule has 128 valence electrons. The summed E-state index contributed by atoms with van der Waals surface area (Å²) in [6.07, 6.45) is 4.54.